The summed E-state index contributed by atoms with van der Waals surface area (Å²) < 4.78 is 5.46. The third kappa shape index (κ3) is 1.95. The fourth-order valence-electron chi connectivity index (χ4n) is 2.74. The van der Waals surface area contributed by atoms with Crippen LogP contribution < -0.4 is 4.90 Å². The molecule has 0 amide bonds. The minimum atomic E-state index is 0.483. The van der Waals surface area contributed by atoms with Crippen LogP contribution in [0.4, 0.5) is 5.69 Å². The van der Waals surface area contributed by atoms with Crippen molar-refractivity contribution in [1.82, 2.24) is 0 Å². The van der Waals surface area contributed by atoms with Crippen molar-refractivity contribution in [3.05, 3.63) is 42.5 Å². The summed E-state index contributed by atoms with van der Waals surface area (Å²) in [7, 11) is 0. The highest BCUT2D eigenvalue weighted by Crippen LogP contribution is 2.30. The Kier molecular flexibility index (Phi) is 3.15. The van der Waals surface area contributed by atoms with Crippen LogP contribution in [0, 0.1) is 0 Å². The Hall–Kier alpha value is -1.61. The maximum atomic E-state index is 5.46. The average molecular weight is 242 g/mol. The van der Waals surface area contributed by atoms with E-state index in [0.29, 0.717) is 6.04 Å². The molecule has 0 saturated carbocycles. The van der Waals surface area contributed by atoms with Crippen LogP contribution in [0.25, 0.3) is 0 Å². The van der Waals surface area contributed by atoms with Crippen molar-refractivity contribution in [1.29, 1.82) is 0 Å². The molecule has 0 atom stereocenters. The molecule has 0 unspecified atom stereocenters. The average Bonchev–Trinajstić information content (AvgIpc) is 2.47. The first-order valence-electron chi connectivity index (χ1n) is 6.52. The number of rotatable bonds is 2. The van der Waals surface area contributed by atoms with Crippen molar-refractivity contribution in [3.63, 3.8) is 0 Å². The summed E-state index contributed by atoms with van der Waals surface area (Å²) in [5.41, 5.74) is 2.59. The molecule has 1 saturated heterocycles. The van der Waals surface area contributed by atoms with Crippen LogP contribution in [0.15, 0.2) is 41.9 Å². The van der Waals surface area contributed by atoms with Crippen molar-refractivity contribution in [2.45, 2.75) is 25.4 Å². The van der Waals surface area contributed by atoms with Gasteiger partial charge in [-0.15, -0.1) is 0 Å². The number of fused-ring (bicyclic) bond motifs is 1. The molecule has 2 aliphatic rings. The van der Waals surface area contributed by atoms with Gasteiger partial charge in [-0.25, -0.2) is 0 Å². The van der Waals surface area contributed by atoms with Crippen LogP contribution in [0.5, 0.6) is 0 Å². The van der Waals surface area contributed by atoms with Crippen molar-refractivity contribution >= 4 is 11.5 Å². The lowest BCUT2D eigenvalue weighted by atomic mass is 10.0. The van der Waals surface area contributed by atoms with Crippen LogP contribution in [-0.2, 0) is 11.3 Å². The molecule has 0 spiro atoms. The molecule has 94 valence electrons. The summed E-state index contributed by atoms with van der Waals surface area (Å²) in [5, 5.41) is 0. The molecule has 0 N–H and O–H groups in total. The fourth-order valence-corrected chi connectivity index (χ4v) is 2.74. The first-order chi connectivity index (χ1) is 8.90. The molecule has 0 bridgehead atoms. The minimum Gasteiger partial charge on any atom is -0.381 e. The van der Waals surface area contributed by atoms with E-state index in [2.05, 4.69) is 40.7 Å². The maximum Gasteiger partial charge on any atom is 0.127 e. The third-order valence-electron chi connectivity index (χ3n) is 3.65. The van der Waals surface area contributed by atoms with Gasteiger partial charge in [0, 0.05) is 24.9 Å². The zero-order valence-corrected chi connectivity index (χ0v) is 10.5. The highest BCUT2D eigenvalue weighted by Gasteiger charge is 2.28. The van der Waals surface area contributed by atoms with Crippen molar-refractivity contribution in [3.8, 4) is 0 Å². The normalized spacial score (nSPS) is 20.2. The van der Waals surface area contributed by atoms with Gasteiger partial charge in [0.25, 0.3) is 0 Å². The summed E-state index contributed by atoms with van der Waals surface area (Å²) in [4.78, 5) is 6.97. The summed E-state index contributed by atoms with van der Waals surface area (Å²) in [5.74, 6) is 1.00. The lowest BCUT2D eigenvalue weighted by Crippen LogP contribution is -2.44. The molecular formula is C15H18N2O. The summed E-state index contributed by atoms with van der Waals surface area (Å²) in [6, 6.07) is 9.00. The molecule has 3 heteroatoms. The Morgan fingerprint density at radius 1 is 1.28 bits per heavy atom. The lowest BCUT2D eigenvalue weighted by Gasteiger charge is -2.38. The number of aliphatic imine (C=N–C) groups is 1. The molecular weight excluding hydrogens is 224 g/mol. The van der Waals surface area contributed by atoms with Crippen LogP contribution in [0.3, 0.4) is 0 Å². The number of benzene rings is 1. The first-order valence-corrected chi connectivity index (χ1v) is 6.52. The monoisotopic (exact) mass is 242 g/mol. The van der Waals surface area contributed by atoms with Gasteiger partial charge >= 0.3 is 0 Å². The highest BCUT2D eigenvalue weighted by atomic mass is 16.5. The van der Waals surface area contributed by atoms with Gasteiger partial charge in [0.15, 0.2) is 0 Å². The van der Waals surface area contributed by atoms with Gasteiger partial charge in [0.05, 0.1) is 6.54 Å². The Balaban J connectivity index is 1.98. The Bertz CT molecular complexity index is 475. The minimum absolute atomic E-state index is 0.483. The topological polar surface area (TPSA) is 24.8 Å². The van der Waals surface area contributed by atoms with E-state index in [9.17, 15) is 0 Å². The fraction of sp³-hybridized carbons (Fsp3) is 0.400. The molecule has 1 aromatic rings. The maximum absolute atomic E-state index is 5.46. The molecule has 18 heavy (non-hydrogen) atoms. The Morgan fingerprint density at radius 3 is 2.83 bits per heavy atom. The van der Waals surface area contributed by atoms with Gasteiger partial charge in [-0.2, -0.15) is 0 Å². The second-order valence-electron chi connectivity index (χ2n) is 4.72. The molecule has 0 radical (unpaired) electrons. The lowest BCUT2D eigenvalue weighted by molar-refractivity contribution is 0.0870. The molecule has 2 heterocycles. The number of hydrogen-bond donors (Lipinski definition) is 0. The number of nitrogens with zero attached hydrogens (tertiary/aromatic N) is 2. The van der Waals surface area contributed by atoms with Gasteiger partial charge in [-0.1, -0.05) is 24.8 Å². The van der Waals surface area contributed by atoms with Gasteiger partial charge in [-0.05, 0) is 30.5 Å². The quantitative estimate of drug-likeness (QED) is 0.796. The largest absolute Gasteiger partial charge is 0.381 e. The van der Waals surface area contributed by atoms with Crippen LogP contribution in [0.2, 0.25) is 0 Å². The number of anilines is 1. The molecule has 1 aromatic carbocycles. The second kappa shape index (κ2) is 4.94. The van der Waals surface area contributed by atoms with Crippen LogP contribution in [0.1, 0.15) is 18.4 Å². The highest BCUT2D eigenvalue weighted by molar-refractivity contribution is 6.07. The van der Waals surface area contributed by atoms with Crippen molar-refractivity contribution in [2.24, 2.45) is 4.99 Å². The third-order valence-corrected chi connectivity index (χ3v) is 3.65. The molecule has 0 aromatic heterocycles. The van der Waals surface area contributed by atoms with Crippen molar-refractivity contribution < 1.29 is 4.74 Å². The summed E-state index contributed by atoms with van der Waals surface area (Å²) in [6.07, 6.45) is 3.98. The predicted molar refractivity (Wildman–Crippen MR) is 74.1 cm³/mol. The molecule has 1 fully saturated rings. The van der Waals surface area contributed by atoms with E-state index in [1.54, 1.807) is 0 Å². The zero-order chi connectivity index (χ0) is 12.4. The van der Waals surface area contributed by atoms with E-state index in [4.69, 9.17) is 4.74 Å². The van der Waals surface area contributed by atoms with E-state index in [1.165, 1.54) is 11.3 Å². The van der Waals surface area contributed by atoms with Crippen LogP contribution >= 0.6 is 0 Å². The number of amidine groups is 1. The van der Waals surface area contributed by atoms with E-state index in [0.717, 1.165) is 38.4 Å². The summed E-state index contributed by atoms with van der Waals surface area (Å²) >= 11 is 0. The van der Waals surface area contributed by atoms with E-state index in [1.807, 2.05) is 6.08 Å². The standard InChI is InChI=1S/C15H18N2O/c1-2-15-16-11-12-5-3-4-6-14(12)17(15)13-7-9-18-10-8-13/h2-6,13H,1,7-11H2. The second-order valence-corrected chi connectivity index (χ2v) is 4.72. The Morgan fingerprint density at radius 2 is 2.06 bits per heavy atom. The van der Waals surface area contributed by atoms with E-state index < -0.39 is 0 Å². The van der Waals surface area contributed by atoms with Crippen LogP contribution in [-0.4, -0.2) is 25.1 Å². The molecule has 2 aliphatic heterocycles. The zero-order valence-electron chi connectivity index (χ0n) is 10.5. The molecule has 0 aliphatic carbocycles. The van der Waals surface area contributed by atoms with Crippen molar-refractivity contribution in [2.75, 3.05) is 18.1 Å². The van der Waals surface area contributed by atoms with Gasteiger partial charge in [-0.3, -0.25) is 4.99 Å². The van der Waals surface area contributed by atoms with E-state index >= 15 is 0 Å². The summed E-state index contributed by atoms with van der Waals surface area (Å²) in [6.45, 7) is 6.34. The van der Waals surface area contributed by atoms with E-state index in [-0.39, 0.29) is 0 Å². The Labute approximate surface area is 108 Å². The number of ether oxygens (including phenoxy) is 1. The number of hydrogen-bond acceptors (Lipinski definition) is 3. The van der Waals surface area contributed by atoms with Gasteiger partial charge < -0.3 is 9.64 Å². The smallest absolute Gasteiger partial charge is 0.127 e. The number of para-hydroxylation sites is 1. The SMILES string of the molecule is C=CC1=NCc2ccccc2N1C1CCOCC1. The van der Waals surface area contributed by atoms with Gasteiger partial charge in [0.2, 0.25) is 0 Å². The van der Waals surface area contributed by atoms with Gasteiger partial charge in [0.1, 0.15) is 5.84 Å². The molecule has 3 rings (SSSR count). The predicted octanol–water partition coefficient (Wildman–Crippen LogP) is 2.77. The molecule has 3 nitrogen and oxygen atoms in total. The first kappa shape index (κ1) is 11.5.